The van der Waals surface area contributed by atoms with E-state index in [1.807, 2.05) is 0 Å². The van der Waals surface area contributed by atoms with Gasteiger partial charge in [0.1, 0.15) is 16.7 Å². The zero-order chi connectivity index (χ0) is 22.2. The normalized spacial score (nSPS) is 10.5. The first kappa shape index (κ1) is 23.5. The molecule has 0 saturated carbocycles. The highest BCUT2D eigenvalue weighted by Gasteiger charge is 2.21. The highest BCUT2D eigenvalue weighted by atomic mass is 16.6. The monoisotopic (exact) mass is 414 g/mol. The number of nitrogens with zero attached hydrogens (tertiary/aromatic N) is 1. The fourth-order valence-electron chi connectivity index (χ4n) is 1.82. The van der Waals surface area contributed by atoms with Gasteiger partial charge in [-0.3, -0.25) is 19.8 Å². The van der Waals surface area contributed by atoms with E-state index in [0.717, 1.165) is 10.9 Å². The van der Waals surface area contributed by atoms with Gasteiger partial charge in [-0.05, 0) is 34.6 Å². The lowest BCUT2D eigenvalue weighted by atomic mass is 10.2. The maximum Gasteiger partial charge on any atom is 0.433 e. The number of H-pyrrole nitrogens is 3. The number of ether oxygens (including phenoxy) is 3. The van der Waals surface area contributed by atoms with Gasteiger partial charge in [0.15, 0.2) is 0 Å². The Morgan fingerprint density at radius 2 is 1.55 bits per heavy atom. The Hall–Kier alpha value is -3.57. The Kier molecular flexibility index (Phi) is 8.18. The first-order chi connectivity index (χ1) is 13.5. The zero-order valence-electron chi connectivity index (χ0n) is 16.8. The van der Waals surface area contributed by atoms with Crippen molar-refractivity contribution in [2.24, 2.45) is 0 Å². The third-order valence-electron chi connectivity index (χ3n) is 2.95. The molecule has 0 aliphatic carbocycles. The van der Waals surface area contributed by atoms with E-state index in [4.69, 9.17) is 4.74 Å². The molecule has 162 valence electrons. The molecule has 2 aromatic heterocycles. The van der Waals surface area contributed by atoms with Crippen LogP contribution in [0.1, 0.15) is 56.8 Å². The molecule has 29 heavy (non-hydrogen) atoms. The molecular formula is C17H26N4O8. The summed E-state index contributed by atoms with van der Waals surface area (Å²) in [6.45, 7) is 8.80. The molecule has 0 aliphatic rings. The van der Waals surface area contributed by atoms with E-state index in [2.05, 4.69) is 24.8 Å². The highest BCUT2D eigenvalue weighted by Crippen LogP contribution is 2.08. The molecule has 3 N–H and O–H groups in total. The van der Waals surface area contributed by atoms with E-state index in [1.165, 1.54) is 6.20 Å². The van der Waals surface area contributed by atoms with Crippen LogP contribution in [0.4, 0.5) is 4.79 Å². The van der Waals surface area contributed by atoms with E-state index in [0.29, 0.717) is 0 Å². The average molecular weight is 414 g/mol. The van der Waals surface area contributed by atoms with Crippen LogP contribution in [0.15, 0.2) is 22.0 Å². The SMILES string of the molecule is CCOC(=O)c1c[nH][nH]c1=O.CCOC(=O)c1cn(C(=O)OC(C)(C)C)[nH]c1=O.[HH]. The van der Waals surface area contributed by atoms with E-state index >= 15 is 0 Å². The van der Waals surface area contributed by atoms with Crippen LogP contribution in [0.2, 0.25) is 0 Å². The molecule has 0 spiro atoms. The van der Waals surface area contributed by atoms with E-state index in [9.17, 15) is 24.0 Å². The summed E-state index contributed by atoms with van der Waals surface area (Å²) in [4.78, 5) is 56.1. The summed E-state index contributed by atoms with van der Waals surface area (Å²) in [6.07, 6.45) is 1.57. The van der Waals surface area contributed by atoms with Crippen LogP contribution >= 0.6 is 0 Å². The summed E-state index contributed by atoms with van der Waals surface area (Å²) in [5.41, 5.74) is -2.07. The topological polar surface area (TPSA) is 165 Å². The summed E-state index contributed by atoms with van der Waals surface area (Å²) >= 11 is 0. The van der Waals surface area contributed by atoms with Gasteiger partial charge in [0, 0.05) is 7.62 Å². The standard InChI is InChI=1S/C11H16N2O5.C6H8N2O3.H2/c1-5-17-9(15)7-6-13(12-8(7)14)10(16)18-11(2,3)4;1-2-11-6(10)4-3-7-8-5(4)9;/h6H,5H2,1-4H3,(H,12,14);3H,2H2,1H3,(H2,7,8,9);1H. The van der Waals surface area contributed by atoms with Crippen LogP contribution in [0.25, 0.3) is 0 Å². The molecule has 0 atom stereocenters. The average Bonchev–Trinajstić information content (AvgIpc) is 3.20. The number of carbonyl (C=O) groups excluding carboxylic acids is 3. The minimum atomic E-state index is -0.777. The largest absolute Gasteiger partial charge is 0.462 e. The molecule has 0 amide bonds. The lowest BCUT2D eigenvalue weighted by molar-refractivity contribution is 0.0506. The van der Waals surface area contributed by atoms with Crippen LogP contribution in [0, 0.1) is 0 Å². The van der Waals surface area contributed by atoms with Crippen molar-refractivity contribution in [2.45, 2.75) is 40.2 Å². The molecule has 12 nitrogen and oxygen atoms in total. The lowest BCUT2D eigenvalue weighted by Gasteiger charge is -2.18. The van der Waals surface area contributed by atoms with Gasteiger partial charge in [0.2, 0.25) is 0 Å². The van der Waals surface area contributed by atoms with Crippen molar-refractivity contribution >= 4 is 18.0 Å². The Bertz CT molecular complexity index is 963. The van der Waals surface area contributed by atoms with Crippen LogP contribution in [0.3, 0.4) is 0 Å². The number of aromatic nitrogens is 4. The number of aromatic amines is 3. The zero-order valence-corrected chi connectivity index (χ0v) is 16.8. The van der Waals surface area contributed by atoms with Gasteiger partial charge in [-0.15, -0.1) is 0 Å². The van der Waals surface area contributed by atoms with Gasteiger partial charge < -0.3 is 19.3 Å². The number of hydrogen-bond donors (Lipinski definition) is 3. The highest BCUT2D eigenvalue weighted by molar-refractivity contribution is 5.89. The van der Waals surface area contributed by atoms with Gasteiger partial charge in [-0.1, -0.05) is 0 Å². The Morgan fingerprint density at radius 1 is 1.00 bits per heavy atom. The van der Waals surface area contributed by atoms with Crippen molar-refractivity contribution in [2.75, 3.05) is 13.2 Å². The second-order valence-corrected chi connectivity index (χ2v) is 6.43. The first-order valence-electron chi connectivity index (χ1n) is 8.65. The summed E-state index contributed by atoms with van der Waals surface area (Å²) in [7, 11) is 0. The minimum absolute atomic E-state index is 0. The lowest BCUT2D eigenvalue weighted by Crippen LogP contribution is -2.28. The fraction of sp³-hybridized carbons (Fsp3) is 0.471. The van der Waals surface area contributed by atoms with E-state index < -0.39 is 34.8 Å². The third kappa shape index (κ3) is 7.16. The summed E-state index contributed by atoms with van der Waals surface area (Å²) < 4.78 is 15.1. The predicted molar refractivity (Wildman–Crippen MR) is 102 cm³/mol. The smallest absolute Gasteiger partial charge is 0.433 e. The number of rotatable bonds is 4. The van der Waals surface area contributed by atoms with Crippen LogP contribution < -0.4 is 11.1 Å². The number of esters is 2. The number of hydrogen-bond acceptors (Lipinski definition) is 8. The molecule has 0 saturated heterocycles. The molecule has 2 rings (SSSR count). The summed E-state index contributed by atoms with van der Waals surface area (Å²) in [5.74, 6) is -1.38. The van der Waals surface area contributed by atoms with Crippen molar-refractivity contribution in [3.05, 3.63) is 44.2 Å². The second kappa shape index (κ2) is 10.1. The van der Waals surface area contributed by atoms with E-state index in [1.54, 1.807) is 34.6 Å². The van der Waals surface area contributed by atoms with Crippen molar-refractivity contribution < 1.29 is 30.0 Å². The molecule has 0 fully saturated rings. The number of carbonyl (C=O) groups is 3. The van der Waals surface area contributed by atoms with Crippen molar-refractivity contribution in [1.29, 1.82) is 0 Å². The van der Waals surface area contributed by atoms with Gasteiger partial charge >= 0.3 is 18.0 Å². The fourth-order valence-corrected chi connectivity index (χ4v) is 1.82. The van der Waals surface area contributed by atoms with E-state index in [-0.39, 0.29) is 25.8 Å². The summed E-state index contributed by atoms with van der Waals surface area (Å²) in [6, 6.07) is 0. The molecule has 0 radical (unpaired) electrons. The molecule has 2 heterocycles. The van der Waals surface area contributed by atoms with Gasteiger partial charge in [0.05, 0.1) is 19.4 Å². The predicted octanol–water partition coefficient (Wildman–Crippen LogP) is 1.26. The molecule has 12 heteroatoms. The maximum absolute atomic E-state index is 11.6. The molecule has 0 aliphatic heterocycles. The van der Waals surface area contributed by atoms with Crippen molar-refractivity contribution in [1.82, 2.24) is 20.0 Å². The van der Waals surface area contributed by atoms with Crippen molar-refractivity contribution in [3.8, 4) is 0 Å². The van der Waals surface area contributed by atoms with Crippen LogP contribution in [-0.4, -0.2) is 56.8 Å². The minimum Gasteiger partial charge on any atom is -0.462 e. The maximum atomic E-state index is 11.6. The molecular weight excluding hydrogens is 388 g/mol. The van der Waals surface area contributed by atoms with Crippen LogP contribution in [0.5, 0.6) is 0 Å². The third-order valence-corrected chi connectivity index (χ3v) is 2.95. The molecule has 2 aromatic rings. The van der Waals surface area contributed by atoms with Gasteiger partial charge in [-0.2, -0.15) is 4.68 Å². The number of nitrogens with one attached hydrogen (secondary N) is 3. The summed E-state index contributed by atoms with van der Waals surface area (Å²) in [5, 5.41) is 6.82. The Labute approximate surface area is 166 Å². The quantitative estimate of drug-likeness (QED) is 0.497. The Balaban J connectivity index is 0.000000603. The van der Waals surface area contributed by atoms with Gasteiger partial charge in [0.25, 0.3) is 11.1 Å². The van der Waals surface area contributed by atoms with Crippen molar-refractivity contribution in [3.63, 3.8) is 0 Å². The molecule has 0 bridgehead atoms. The second-order valence-electron chi connectivity index (χ2n) is 6.43. The first-order valence-corrected chi connectivity index (χ1v) is 8.65. The molecule has 0 unspecified atom stereocenters. The molecule has 0 aromatic carbocycles. The Morgan fingerprint density at radius 3 is 2.00 bits per heavy atom. The van der Waals surface area contributed by atoms with Crippen LogP contribution in [-0.2, 0) is 14.2 Å². The van der Waals surface area contributed by atoms with Gasteiger partial charge in [-0.25, -0.2) is 14.4 Å².